The van der Waals surface area contributed by atoms with Gasteiger partial charge in [-0.15, -0.1) is 0 Å². The largest absolute Gasteiger partial charge is 0.334 e. The van der Waals surface area contributed by atoms with E-state index >= 15 is 0 Å². The lowest BCUT2D eigenvalue weighted by atomic mass is 9.91. The van der Waals surface area contributed by atoms with Crippen LogP contribution in [0.5, 0.6) is 0 Å². The van der Waals surface area contributed by atoms with E-state index in [1.54, 1.807) is 0 Å². The highest BCUT2D eigenvalue weighted by atomic mass is 16.2. The molecule has 0 saturated carbocycles. The monoisotopic (exact) mass is 286 g/mol. The number of carbonyl (C=O) groups excluding carboxylic acids is 1. The van der Waals surface area contributed by atoms with E-state index in [1.165, 1.54) is 11.1 Å². The molecule has 21 heavy (non-hydrogen) atoms. The maximum Gasteiger partial charge on any atom is 0.243 e. The number of rotatable bonds is 3. The molecule has 1 amide bonds. The summed E-state index contributed by atoms with van der Waals surface area (Å²) in [6, 6.07) is 8.77. The molecule has 1 aromatic carbocycles. The Labute approximate surface area is 127 Å². The van der Waals surface area contributed by atoms with Crippen molar-refractivity contribution in [3.63, 3.8) is 0 Å². The average Bonchev–Trinajstić information content (AvgIpc) is 3.17. The third-order valence-corrected chi connectivity index (χ3v) is 5.32. The van der Waals surface area contributed by atoms with Crippen molar-refractivity contribution in [1.82, 2.24) is 10.2 Å². The zero-order chi connectivity index (χ0) is 14.9. The molecule has 0 spiro atoms. The van der Waals surface area contributed by atoms with Gasteiger partial charge in [0.05, 0.1) is 11.6 Å². The molecule has 3 rings (SSSR count). The lowest BCUT2D eigenvalue weighted by molar-refractivity contribution is -0.139. The molecule has 0 aromatic heterocycles. The predicted molar refractivity (Wildman–Crippen MR) is 85.1 cm³/mol. The van der Waals surface area contributed by atoms with Gasteiger partial charge < -0.3 is 10.2 Å². The Hall–Kier alpha value is -1.35. The second-order valence-electron chi connectivity index (χ2n) is 6.48. The van der Waals surface area contributed by atoms with Gasteiger partial charge in [-0.1, -0.05) is 31.2 Å². The molecule has 0 radical (unpaired) electrons. The highest BCUT2D eigenvalue weighted by molar-refractivity contribution is 5.87. The van der Waals surface area contributed by atoms with E-state index < -0.39 is 0 Å². The Balaban J connectivity index is 1.87. The van der Waals surface area contributed by atoms with Gasteiger partial charge >= 0.3 is 0 Å². The molecular weight excluding hydrogens is 260 g/mol. The van der Waals surface area contributed by atoms with Crippen molar-refractivity contribution in [2.24, 2.45) is 0 Å². The van der Waals surface area contributed by atoms with Crippen molar-refractivity contribution in [3.8, 4) is 0 Å². The summed E-state index contributed by atoms with van der Waals surface area (Å²) in [5.41, 5.74) is 2.32. The first-order valence-electron chi connectivity index (χ1n) is 8.29. The van der Waals surface area contributed by atoms with Gasteiger partial charge in [0.25, 0.3) is 0 Å². The SMILES string of the molecule is CCC1(C(=O)N2CCCC2c2ccccc2C)CCCN1. The highest BCUT2D eigenvalue weighted by Gasteiger charge is 2.44. The van der Waals surface area contributed by atoms with E-state index in [-0.39, 0.29) is 11.6 Å². The van der Waals surface area contributed by atoms with Crippen molar-refractivity contribution < 1.29 is 4.79 Å². The Bertz CT molecular complexity index is 520. The fourth-order valence-corrected chi connectivity index (χ4v) is 4.01. The van der Waals surface area contributed by atoms with E-state index in [2.05, 4.69) is 48.3 Å². The third kappa shape index (κ3) is 2.48. The van der Waals surface area contributed by atoms with Crippen LogP contribution in [0.3, 0.4) is 0 Å². The zero-order valence-corrected chi connectivity index (χ0v) is 13.2. The molecule has 3 nitrogen and oxygen atoms in total. The standard InChI is InChI=1S/C18H26N2O/c1-3-18(11-7-12-19-18)17(21)20-13-6-10-16(20)15-9-5-4-8-14(15)2/h4-5,8-9,16,19H,3,6-7,10-13H2,1-2H3. The first-order chi connectivity index (χ1) is 10.2. The van der Waals surface area contributed by atoms with Crippen molar-refractivity contribution in [2.75, 3.05) is 13.1 Å². The molecule has 0 bridgehead atoms. The van der Waals surface area contributed by atoms with Gasteiger partial charge in [-0.3, -0.25) is 4.79 Å². The van der Waals surface area contributed by atoms with Crippen molar-refractivity contribution in [1.29, 1.82) is 0 Å². The molecule has 2 aliphatic rings. The molecule has 114 valence electrons. The predicted octanol–water partition coefficient (Wildman–Crippen LogP) is 3.19. The lowest BCUT2D eigenvalue weighted by Gasteiger charge is -2.35. The van der Waals surface area contributed by atoms with Gasteiger partial charge in [0, 0.05) is 6.54 Å². The fraction of sp³-hybridized carbons (Fsp3) is 0.611. The van der Waals surface area contributed by atoms with E-state index in [0.29, 0.717) is 5.91 Å². The van der Waals surface area contributed by atoms with Gasteiger partial charge in [-0.05, 0) is 56.7 Å². The van der Waals surface area contributed by atoms with Crippen molar-refractivity contribution in [3.05, 3.63) is 35.4 Å². The van der Waals surface area contributed by atoms with Crippen molar-refractivity contribution in [2.45, 2.75) is 57.5 Å². The van der Waals surface area contributed by atoms with E-state index in [4.69, 9.17) is 0 Å². The summed E-state index contributed by atoms with van der Waals surface area (Å²) in [5.74, 6) is 0.327. The van der Waals surface area contributed by atoms with E-state index in [0.717, 1.165) is 45.2 Å². The molecule has 0 aliphatic carbocycles. The van der Waals surface area contributed by atoms with Crippen LogP contribution in [0.1, 0.15) is 56.2 Å². The van der Waals surface area contributed by atoms with Crippen molar-refractivity contribution >= 4 is 5.91 Å². The summed E-state index contributed by atoms with van der Waals surface area (Å²) in [7, 11) is 0. The number of hydrogen-bond donors (Lipinski definition) is 1. The second-order valence-corrected chi connectivity index (χ2v) is 6.48. The normalized spacial score (nSPS) is 29.0. The van der Waals surface area contributed by atoms with E-state index in [9.17, 15) is 4.79 Å². The van der Waals surface area contributed by atoms with Crippen LogP contribution in [0.15, 0.2) is 24.3 Å². The number of nitrogens with one attached hydrogen (secondary N) is 1. The topological polar surface area (TPSA) is 32.3 Å². The minimum absolute atomic E-state index is 0.268. The molecule has 2 aliphatic heterocycles. The van der Waals surface area contributed by atoms with Crippen LogP contribution in [0.2, 0.25) is 0 Å². The van der Waals surface area contributed by atoms with Crippen LogP contribution >= 0.6 is 0 Å². The smallest absolute Gasteiger partial charge is 0.243 e. The number of aryl methyl sites for hydroxylation is 1. The number of hydrogen-bond acceptors (Lipinski definition) is 2. The molecule has 2 heterocycles. The Kier molecular flexibility index (Phi) is 4.03. The van der Waals surface area contributed by atoms with Crippen LogP contribution in [0, 0.1) is 6.92 Å². The number of benzene rings is 1. The van der Waals surface area contributed by atoms with Gasteiger partial charge in [-0.2, -0.15) is 0 Å². The number of nitrogens with zero attached hydrogens (tertiary/aromatic N) is 1. The molecule has 3 heteroatoms. The molecule has 1 aromatic rings. The van der Waals surface area contributed by atoms with Gasteiger partial charge in [0.1, 0.15) is 0 Å². The molecule has 2 unspecified atom stereocenters. The lowest BCUT2D eigenvalue weighted by Crippen LogP contribution is -2.54. The van der Waals surface area contributed by atoms with Crippen LogP contribution in [-0.2, 0) is 4.79 Å². The van der Waals surface area contributed by atoms with Crippen LogP contribution in [0.25, 0.3) is 0 Å². The second kappa shape index (κ2) is 5.80. The minimum Gasteiger partial charge on any atom is -0.334 e. The summed E-state index contributed by atoms with van der Waals surface area (Å²) < 4.78 is 0. The summed E-state index contributed by atoms with van der Waals surface area (Å²) in [6.07, 6.45) is 5.20. The minimum atomic E-state index is -0.300. The van der Waals surface area contributed by atoms with Gasteiger partial charge in [-0.25, -0.2) is 0 Å². The number of carbonyl (C=O) groups is 1. The van der Waals surface area contributed by atoms with Crippen LogP contribution in [-0.4, -0.2) is 29.4 Å². The summed E-state index contributed by atoms with van der Waals surface area (Å²) in [4.78, 5) is 15.3. The number of amides is 1. The highest BCUT2D eigenvalue weighted by Crippen LogP contribution is 2.37. The third-order valence-electron chi connectivity index (χ3n) is 5.32. The molecule has 1 N–H and O–H groups in total. The molecule has 2 fully saturated rings. The molecule has 2 saturated heterocycles. The average molecular weight is 286 g/mol. The van der Waals surface area contributed by atoms with Crippen LogP contribution in [0.4, 0.5) is 0 Å². The maximum absolute atomic E-state index is 13.2. The number of likely N-dealkylation sites (tertiary alicyclic amines) is 1. The van der Waals surface area contributed by atoms with Crippen LogP contribution < -0.4 is 5.32 Å². The van der Waals surface area contributed by atoms with E-state index in [1.807, 2.05) is 0 Å². The fourth-order valence-electron chi connectivity index (χ4n) is 4.01. The summed E-state index contributed by atoms with van der Waals surface area (Å²) in [5, 5.41) is 3.49. The molecular formula is C18H26N2O. The Morgan fingerprint density at radius 2 is 2.19 bits per heavy atom. The maximum atomic E-state index is 13.2. The summed E-state index contributed by atoms with van der Waals surface area (Å²) in [6.45, 7) is 6.17. The quantitative estimate of drug-likeness (QED) is 0.925. The zero-order valence-electron chi connectivity index (χ0n) is 13.2. The first kappa shape index (κ1) is 14.6. The van der Waals surface area contributed by atoms with Gasteiger partial charge in [0.15, 0.2) is 0 Å². The summed E-state index contributed by atoms with van der Waals surface area (Å²) >= 11 is 0. The Morgan fingerprint density at radius 1 is 1.38 bits per heavy atom. The Morgan fingerprint density at radius 3 is 2.86 bits per heavy atom. The molecule has 2 atom stereocenters. The first-order valence-corrected chi connectivity index (χ1v) is 8.29. The van der Waals surface area contributed by atoms with Gasteiger partial charge in [0.2, 0.25) is 5.91 Å².